The Labute approximate surface area is 406 Å². The lowest BCUT2D eigenvalue weighted by molar-refractivity contribution is -0.137. The van der Waals surface area contributed by atoms with Crippen LogP contribution in [0.2, 0.25) is 0 Å². The van der Waals surface area contributed by atoms with E-state index in [1.807, 2.05) is 51.2 Å². The fourth-order valence-electron chi connectivity index (χ4n) is 9.12. The Morgan fingerprint density at radius 3 is 2.56 bits per heavy atom. The maximum atomic E-state index is 15.0. The number of aromatic nitrogens is 1. The molecule has 5 N–H and O–H groups in total. The van der Waals surface area contributed by atoms with E-state index in [0.717, 1.165) is 86.7 Å². The number of pyridine rings is 1. The second-order valence-corrected chi connectivity index (χ2v) is 21.9. The number of aliphatic hydroxyl groups is 1. The van der Waals surface area contributed by atoms with E-state index in [1.165, 1.54) is 6.07 Å². The van der Waals surface area contributed by atoms with Crippen LogP contribution in [0.3, 0.4) is 0 Å². The number of carbonyl (C=O) groups excluding carboxylic acids is 3. The van der Waals surface area contributed by atoms with Crippen LogP contribution in [0.4, 0.5) is 20.6 Å². The number of hydrazone groups is 1. The SMILES string of the molecule is CN1CCC/C(=N\NC(=O)CC(C)(C)SSCCC(O)N2CCN(C3CCN(C(=O)NCc4ccc(NC(=O)C5CC5c5cccnc5)cc4F)CC3)CC2)c2ccc(OCCCC(=O)O)cc21. The van der Waals surface area contributed by atoms with E-state index < -0.39 is 18.0 Å². The fourth-order valence-corrected chi connectivity index (χ4v) is 11.7. The standard InChI is InChI=1S/C49H66FN9O7S2/c1-49(2,30-44(60)55-54-42-8-5-18-56(3)43-28-37(12-13-38(42)43)66-25-6-9-46(62)63)68-67-26-16-45(61)58-23-21-57(22-24-58)36-14-19-59(20-15-36)48(65)52-32-34-10-11-35(27-41(34)50)53-47(64)40-29-39(40)33-7-4-17-51-31-33/h4,7,10-13,17,27-28,31,36,39-40,45,61H,5-6,8-9,14-16,18-26,29-30,32H2,1-3H3,(H,52,65)(H,53,64)(H,55,60)(H,62,63)/b54-42+. The first-order valence-electron chi connectivity index (χ1n) is 23.8. The van der Waals surface area contributed by atoms with Crippen molar-refractivity contribution in [1.82, 2.24) is 30.4 Å². The lowest BCUT2D eigenvalue weighted by Gasteiger charge is -2.43. The van der Waals surface area contributed by atoms with Gasteiger partial charge in [0.1, 0.15) is 17.8 Å². The minimum absolute atomic E-state index is 0.0491. The van der Waals surface area contributed by atoms with Gasteiger partial charge in [0.05, 0.1) is 12.3 Å². The third-order valence-electron chi connectivity index (χ3n) is 13.1. The van der Waals surface area contributed by atoms with Gasteiger partial charge in [0.15, 0.2) is 0 Å². The summed E-state index contributed by atoms with van der Waals surface area (Å²) in [6, 6.07) is 14.3. The largest absolute Gasteiger partial charge is 0.494 e. The van der Waals surface area contributed by atoms with Crippen LogP contribution in [0, 0.1) is 11.7 Å². The van der Waals surface area contributed by atoms with Gasteiger partial charge in [0.2, 0.25) is 11.8 Å². The van der Waals surface area contributed by atoms with Gasteiger partial charge in [-0.15, -0.1) is 0 Å². The summed E-state index contributed by atoms with van der Waals surface area (Å²) in [6.45, 7) is 9.70. The van der Waals surface area contributed by atoms with Gasteiger partial charge in [-0.25, -0.2) is 14.6 Å². The number of benzene rings is 2. The van der Waals surface area contributed by atoms with Crippen LogP contribution in [-0.4, -0.2) is 142 Å². The molecule has 3 unspecified atom stereocenters. The average Bonchev–Trinajstić information content (AvgIpc) is 4.16. The van der Waals surface area contributed by atoms with Gasteiger partial charge < -0.3 is 35.4 Å². The van der Waals surface area contributed by atoms with Crippen LogP contribution in [0.5, 0.6) is 5.75 Å². The van der Waals surface area contributed by atoms with Crippen LogP contribution in [0.15, 0.2) is 66.0 Å². The van der Waals surface area contributed by atoms with E-state index in [1.54, 1.807) is 51.0 Å². The molecule has 68 heavy (non-hydrogen) atoms. The fraction of sp³-hybridized carbons (Fsp3) is 0.551. The van der Waals surface area contributed by atoms with Crippen molar-refractivity contribution >= 4 is 62.5 Å². The van der Waals surface area contributed by atoms with E-state index in [-0.39, 0.29) is 53.8 Å². The molecule has 3 aromatic rings. The summed E-state index contributed by atoms with van der Waals surface area (Å²) in [4.78, 5) is 62.4. The maximum absolute atomic E-state index is 15.0. The molecule has 1 aromatic heterocycles. The Kier molecular flexibility index (Phi) is 18.0. The van der Waals surface area contributed by atoms with Crippen LogP contribution in [-0.2, 0) is 20.9 Å². The second kappa shape index (κ2) is 24.1. The smallest absolute Gasteiger partial charge is 0.317 e. The number of piperazine rings is 1. The molecule has 16 nitrogen and oxygen atoms in total. The molecule has 368 valence electrons. The molecule has 0 radical (unpaired) electrons. The highest BCUT2D eigenvalue weighted by Crippen LogP contribution is 2.47. The number of carboxylic acid groups (broad SMARTS) is 1. The number of nitrogens with zero attached hydrogens (tertiary/aromatic N) is 6. The van der Waals surface area contributed by atoms with E-state index in [4.69, 9.17) is 9.84 Å². The molecule has 3 atom stereocenters. The van der Waals surface area contributed by atoms with Gasteiger partial charge in [-0.05, 0) is 101 Å². The molecule has 0 bridgehead atoms. The summed E-state index contributed by atoms with van der Waals surface area (Å²) in [5, 5.41) is 30.2. The van der Waals surface area contributed by atoms with Gasteiger partial charge in [0, 0.05) is 136 Å². The molecule has 7 rings (SSSR count). The number of piperidine rings is 1. The van der Waals surface area contributed by atoms with Crippen molar-refractivity contribution in [3.63, 3.8) is 0 Å². The molecule has 3 fully saturated rings. The predicted octanol–water partition coefficient (Wildman–Crippen LogP) is 6.51. The molecule has 4 amide bonds. The Morgan fingerprint density at radius 1 is 1.03 bits per heavy atom. The Bertz CT molecular complexity index is 2240. The van der Waals surface area contributed by atoms with Crippen LogP contribution in [0.25, 0.3) is 0 Å². The molecule has 1 saturated carbocycles. The van der Waals surface area contributed by atoms with E-state index in [2.05, 4.69) is 40.8 Å². The van der Waals surface area contributed by atoms with Gasteiger partial charge in [-0.2, -0.15) is 5.10 Å². The molecule has 4 aliphatic rings. The number of carbonyl (C=O) groups is 4. The predicted molar refractivity (Wildman–Crippen MR) is 265 cm³/mol. The van der Waals surface area contributed by atoms with E-state index >= 15 is 4.39 Å². The van der Waals surface area contributed by atoms with Crippen molar-refractivity contribution in [2.45, 2.75) is 101 Å². The molecule has 0 spiro atoms. The summed E-state index contributed by atoms with van der Waals surface area (Å²) in [7, 11) is 5.32. The Balaban J connectivity index is 0.751. The van der Waals surface area contributed by atoms with Crippen molar-refractivity contribution in [2.75, 3.05) is 75.4 Å². The molecular formula is C49H66FN9O7S2. The number of rotatable bonds is 20. The second-order valence-electron chi connectivity index (χ2n) is 18.7. The Hall–Kier alpha value is -4.95. The minimum atomic E-state index is -0.845. The molecular weight excluding hydrogens is 910 g/mol. The van der Waals surface area contributed by atoms with Crippen molar-refractivity contribution in [3.05, 3.63) is 83.4 Å². The topological polar surface area (TPSA) is 192 Å². The number of hydrogen-bond acceptors (Lipinski definition) is 13. The number of likely N-dealkylation sites (tertiary alicyclic amines) is 1. The number of halogens is 1. The summed E-state index contributed by atoms with van der Waals surface area (Å²) < 4.78 is 20.5. The molecule has 19 heteroatoms. The first-order valence-corrected chi connectivity index (χ1v) is 26.1. The van der Waals surface area contributed by atoms with E-state index in [0.29, 0.717) is 62.0 Å². The average molecular weight is 976 g/mol. The number of urea groups is 1. The molecule has 1 aliphatic carbocycles. The van der Waals surface area contributed by atoms with Crippen molar-refractivity contribution < 1.29 is 38.5 Å². The van der Waals surface area contributed by atoms with Crippen LogP contribution >= 0.6 is 21.6 Å². The van der Waals surface area contributed by atoms with Crippen LogP contribution < -0.4 is 25.7 Å². The lowest BCUT2D eigenvalue weighted by Crippen LogP contribution is -2.56. The van der Waals surface area contributed by atoms with Crippen molar-refractivity contribution in [3.8, 4) is 5.75 Å². The number of amides is 4. The quantitative estimate of drug-likeness (QED) is 0.0469. The number of fused-ring (bicyclic) bond motifs is 1. The first-order chi connectivity index (χ1) is 32.7. The number of nitrogens with one attached hydrogen (secondary N) is 3. The number of carboxylic acids is 1. The highest BCUT2D eigenvalue weighted by Gasteiger charge is 2.44. The summed E-state index contributed by atoms with van der Waals surface area (Å²) >= 11 is 0. The zero-order valence-corrected chi connectivity index (χ0v) is 41.0. The minimum Gasteiger partial charge on any atom is -0.494 e. The summed E-state index contributed by atoms with van der Waals surface area (Å²) in [5.74, 6) is -0.252. The van der Waals surface area contributed by atoms with Crippen molar-refractivity contribution in [2.24, 2.45) is 11.0 Å². The van der Waals surface area contributed by atoms with Crippen LogP contribution in [0.1, 0.15) is 94.2 Å². The summed E-state index contributed by atoms with van der Waals surface area (Å²) in [5.41, 5.74) is 7.26. The highest BCUT2D eigenvalue weighted by atomic mass is 33.1. The highest BCUT2D eigenvalue weighted by molar-refractivity contribution is 8.77. The third-order valence-corrected chi connectivity index (χ3v) is 16.4. The monoisotopic (exact) mass is 975 g/mol. The maximum Gasteiger partial charge on any atom is 0.317 e. The molecule has 2 saturated heterocycles. The van der Waals surface area contributed by atoms with Gasteiger partial charge >= 0.3 is 12.0 Å². The van der Waals surface area contributed by atoms with Gasteiger partial charge in [0.25, 0.3) is 0 Å². The third kappa shape index (κ3) is 14.5. The van der Waals surface area contributed by atoms with Gasteiger partial charge in [-0.3, -0.25) is 29.2 Å². The zero-order valence-electron chi connectivity index (χ0n) is 39.3. The molecule has 3 aliphatic heterocycles. The number of ether oxygens (including phenoxy) is 1. The first kappa shape index (κ1) is 50.9. The molecule has 2 aromatic carbocycles. The number of aliphatic carboxylic acids is 1. The summed E-state index contributed by atoms with van der Waals surface area (Å²) in [6.07, 6.45) is 8.33. The number of aliphatic hydroxyl groups excluding tert-OH is 1. The number of anilines is 2. The Morgan fingerprint density at radius 2 is 1.82 bits per heavy atom. The van der Waals surface area contributed by atoms with Crippen molar-refractivity contribution in [1.29, 1.82) is 0 Å². The van der Waals surface area contributed by atoms with E-state index in [9.17, 15) is 24.3 Å². The van der Waals surface area contributed by atoms with Gasteiger partial charge in [-0.1, -0.05) is 33.7 Å². The number of hydrogen-bond donors (Lipinski definition) is 5. The molecule has 4 heterocycles. The lowest BCUT2D eigenvalue weighted by atomic mass is 10.0. The zero-order chi connectivity index (χ0) is 48.2. The normalized spacial score (nSPS) is 20.3.